The van der Waals surface area contributed by atoms with Gasteiger partial charge in [0.05, 0.1) is 5.75 Å². The molecule has 1 aliphatic rings. The Bertz CT molecular complexity index is 688. The van der Waals surface area contributed by atoms with Crippen molar-refractivity contribution < 1.29 is 22.7 Å². The molecule has 24 heavy (non-hydrogen) atoms. The summed E-state index contributed by atoms with van der Waals surface area (Å²) in [5, 5.41) is 8.08. The number of likely N-dealkylation sites (tertiary alicyclic amines) is 1. The lowest BCUT2D eigenvalue weighted by Crippen LogP contribution is -2.29. The first-order valence-corrected chi connectivity index (χ1v) is 8.40. The van der Waals surface area contributed by atoms with Crippen molar-refractivity contribution in [2.45, 2.75) is 24.7 Å². The summed E-state index contributed by atoms with van der Waals surface area (Å²) in [4.78, 5) is 13.8. The Morgan fingerprint density at radius 1 is 1.25 bits per heavy atom. The first kappa shape index (κ1) is 16.7. The smallest absolute Gasteiger partial charge is 0.387 e. The number of ether oxygens (including phenoxy) is 1. The fourth-order valence-electron chi connectivity index (χ4n) is 2.34. The molecule has 0 bridgehead atoms. The van der Waals surface area contributed by atoms with E-state index in [-0.39, 0.29) is 23.3 Å². The number of carbonyl (C=O) groups excluding carboxylic acids is 1. The zero-order valence-corrected chi connectivity index (χ0v) is 13.5. The van der Waals surface area contributed by atoms with Crippen LogP contribution < -0.4 is 4.74 Å². The second-order valence-corrected chi connectivity index (χ2v) is 6.08. The summed E-state index contributed by atoms with van der Waals surface area (Å²) >= 11 is 1.19. The number of aromatic nitrogens is 2. The van der Waals surface area contributed by atoms with Crippen LogP contribution in [0, 0.1) is 0 Å². The number of benzene rings is 1. The third kappa shape index (κ3) is 4.22. The molecule has 9 heteroatoms. The predicted molar refractivity (Wildman–Crippen MR) is 82.9 cm³/mol. The molecule has 0 N–H and O–H groups in total. The third-order valence-corrected chi connectivity index (χ3v) is 4.31. The van der Waals surface area contributed by atoms with Crippen LogP contribution in [0.1, 0.15) is 12.8 Å². The van der Waals surface area contributed by atoms with Crippen molar-refractivity contribution in [2.75, 3.05) is 18.8 Å². The van der Waals surface area contributed by atoms with Gasteiger partial charge in [-0.2, -0.15) is 8.78 Å². The van der Waals surface area contributed by atoms with Crippen LogP contribution in [0.25, 0.3) is 11.5 Å². The zero-order valence-electron chi connectivity index (χ0n) is 12.7. The van der Waals surface area contributed by atoms with E-state index in [4.69, 9.17) is 4.42 Å². The Balaban J connectivity index is 1.57. The third-order valence-electron chi connectivity index (χ3n) is 3.51. The number of thioether (sulfide) groups is 1. The van der Waals surface area contributed by atoms with Crippen molar-refractivity contribution in [1.29, 1.82) is 0 Å². The van der Waals surface area contributed by atoms with Crippen LogP contribution >= 0.6 is 11.8 Å². The monoisotopic (exact) mass is 355 g/mol. The first-order chi connectivity index (χ1) is 11.6. The van der Waals surface area contributed by atoms with Crippen LogP contribution in [0.4, 0.5) is 8.78 Å². The Kier molecular flexibility index (Phi) is 5.29. The van der Waals surface area contributed by atoms with E-state index < -0.39 is 6.61 Å². The molecule has 0 atom stereocenters. The number of hydrogen-bond acceptors (Lipinski definition) is 6. The van der Waals surface area contributed by atoms with Gasteiger partial charge in [-0.1, -0.05) is 11.8 Å². The van der Waals surface area contributed by atoms with E-state index in [1.165, 1.54) is 23.9 Å². The van der Waals surface area contributed by atoms with E-state index >= 15 is 0 Å². The van der Waals surface area contributed by atoms with Gasteiger partial charge in [-0.15, -0.1) is 10.2 Å². The average molecular weight is 355 g/mol. The van der Waals surface area contributed by atoms with Gasteiger partial charge in [-0.3, -0.25) is 4.79 Å². The maximum absolute atomic E-state index is 12.1. The summed E-state index contributed by atoms with van der Waals surface area (Å²) in [5.41, 5.74) is 0.585. The summed E-state index contributed by atoms with van der Waals surface area (Å²) in [5.74, 6) is 0.627. The van der Waals surface area contributed by atoms with Gasteiger partial charge in [0.2, 0.25) is 11.8 Å². The highest BCUT2D eigenvalue weighted by molar-refractivity contribution is 7.99. The topological polar surface area (TPSA) is 68.5 Å². The quantitative estimate of drug-likeness (QED) is 0.742. The first-order valence-electron chi connectivity index (χ1n) is 7.41. The Hall–Kier alpha value is -2.16. The molecule has 0 spiro atoms. The lowest BCUT2D eigenvalue weighted by atomic mass is 10.2. The molecule has 0 aliphatic carbocycles. The summed E-state index contributed by atoms with van der Waals surface area (Å²) in [7, 11) is 0. The molecular weight excluding hydrogens is 340 g/mol. The zero-order chi connectivity index (χ0) is 16.9. The number of alkyl halides is 2. The maximum atomic E-state index is 12.1. The largest absolute Gasteiger partial charge is 0.435 e. The van der Waals surface area contributed by atoms with Crippen LogP contribution in [-0.4, -0.2) is 46.5 Å². The second kappa shape index (κ2) is 7.61. The van der Waals surface area contributed by atoms with Gasteiger partial charge in [-0.05, 0) is 37.1 Å². The fraction of sp³-hybridized carbons (Fsp3) is 0.400. The number of amides is 1. The van der Waals surface area contributed by atoms with Gasteiger partial charge < -0.3 is 14.1 Å². The minimum atomic E-state index is -2.87. The van der Waals surface area contributed by atoms with Crippen molar-refractivity contribution in [2.24, 2.45) is 0 Å². The SMILES string of the molecule is O=C(CSc1nnc(-c2ccc(OC(F)F)cc2)o1)N1CCCC1. The molecule has 3 rings (SSSR count). The van der Waals surface area contributed by atoms with Crippen molar-refractivity contribution in [3.05, 3.63) is 24.3 Å². The minimum Gasteiger partial charge on any atom is -0.435 e. The van der Waals surface area contributed by atoms with Crippen LogP contribution in [0.3, 0.4) is 0 Å². The van der Waals surface area contributed by atoms with E-state index in [0.717, 1.165) is 25.9 Å². The van der Waals surface area contributed by atoms with Crippen LogP contribution in [-0.2, 0) is 4.79 Å². The molecule has 2 heterocycles. The summed E-state index contributed by atoms with van der Waals surface area (Å²) in [6.45, 7) is -1.25. The van der Waals surface area contributed by atoms with E-state index in [1.807, 2.05) is 4.90 Å². The van der Waals surface area contributed by atoms with E-state index in [2.05, 4.69) is 14.9 Å². The van der Waals surface area contributed by atoms with Gasteiger partial charge in [0, 0.05) is 18.7 Å². The Morgan fingerprint density at radius 3 is 2.62 bits per heavy atom. The highest BCUT2D eigenvalue weighted by atomic mass is 32.2. The molecule has 128 valence electrons. The van der Waals surface area contributed by atoms with Crippen LogP contribution in [0.5, 0.6) is 5.75 Å². The summed E-state index contributed by atoms with van der Waals surface area (Å²) in [6, 6.07) is 5.90. The van der Waals surface area contributed by atoms with Crippen molar-refractivity contribution in [1.82, 2.24) is 15.1 Å². The minimum absolute atomic E-state index is 0.0547. The molecule has 1 saturated heterocycles. The molecule has 1 amide bonds. The highest BCUT2D eigenvalue weighted by Crippen LogP contribution is 2.25. The number of nitrogens with zero attached hydrogens (tertiary/aromatic N) is 3. The average Bonchev–Trinajstić information content (AvgIpc) is 3.25. The lowest BCUT2D eigenvalue weighted by molar-refractivity contribution is -0.127. The number of rotatable bonds is 6. The van der Waals surface area contributed by atoms with Crippen molar-refractivity contribution in [3.8, 4) is 17.2 Å². The maximum Gasteiger partial charge on any atom is 0.387 e. The van der Waals surface area contributed by atoms with Gasteiger partial charge in [0.15, 0.2) is 0 Å². The molecule has 0 saturated carbocycles. The van der Waals surface area contributed by atoms with Gasteiger partial charge in [0.1, 0.15) is 5.75 Å². The molecule has 1 aliphatic heterocycles. The Labute approximate surface area is 141 Å². The van der Waals surface area contributed by atoms with Gasteiger partial charge >= 0.3 is 6.61 Å². The van der Waals surface area contributed by atoms with Crippen molar-refractivity contribution >= 4 is 17.7 Å². The van der Waals surface area contributed by atoms with Crippen molar-refractivity contribution in [3.63, 3.8) is 0 Å². The van der Waals surface area contributed by atoms with E-state index in [1.54, 1.807) is 12.1 Å². The Morgan fingerprint density at radius 2 is 1.96 bits per heavy atom. The molecule has 0 unspecified atom stereocenters. The molecule has 0 radical (unpaired) electrons. The predicted octanol–water partition coefficient (Wildman–Crippen LogP) is 3.05. The molecule has 1 fully saturated rings. The molecule has 1 aromatic carbocycles. The highest BCUT2D eigenvalue weighted by Gasteiger charge is 2.19. The molecule has 2 aromatic rings. The van der Waals surface area contributed by atoms with Crippen LogP contribution in [0.15, 0.2) is 33.9 Å². The fourth-order valence-corrected chi connectivity index (χ4v) is 3.01. The number of carbonyl (C=O) groups is 1. The summed E-state index contributed by atoms with van der Waals surface area (Å²) < 4.78 is 34.0. The van der Waals surface area contributed by atoms with Gasteiger partial charge in [0.25, 0.3) is 5.22 Å². The number of halogens is 2. The summed E-state index contributed by atoms with van der Waals surface area (Å²) in [6.07, 6.45) is 2.10. The normalized spacial score (nSPS) is 14.4. The molecular formula is C15H15F2N3O3S. The standard InChI is InChI=1S/C15H15F2N3O3S/c16-14(17)22-11-5-3-10(4-6-11)13-18-19-15(23-13)24-9-12(21)20-7-1-2-8-20/h3-6,14H,1-2,7-9H2. The van der Waals surface area contributed by atoms with Gasteiger partial charge in [-0.25, -0.2) is 0 Å². The lowest BCUT2D eigenvalue weighted by Gasteiger charge is -2.13. The number of hydrogen-bond donors (Lipinski definition) is 0. The molecule has 6 nitrogen and oxygen atoms in total. The second-order valence-electron chi connectivity index (χ2n) is 5.15. The van der Waals surface area contributed by atoms with Crippen LogP contribution in [0.2, 0.25) is 0 Å². The molecule has 1 aromatic heterocycles. The van der Waals surface area contributed by atoms with E-state index in [9.17, 15) is 13.6 Å². The van der Waals surface area contributed by atoms with E-state index in [0.29, 0.717) is 10.8 Å².